The fraction of sp³-hybridized carbons (Fsp3) is 0.273. The van der Waals surface area contributed by atoms with Gasteiger partial charge in [0.15, 0.2) is 0 Å². The lowest BCUT2D eigenvalue weighted by Gasteiger charge is -1.99. The first-order valence-corrected chi connectivity index (χ1v) is 4.82. The predicted octanol–water partition coefficient (Wildman–Crippen LogP) is 1.93. The normalized spacial score (nSPS) is 14.6. The van der Waals surface area contributed by atoms with E-state index < -0.39 is 0 Å². The number of hydrogen-bond acceptors (Lipinski definition) is 2. The zero-order valence-electron chi connectivity index (χ0n) is 8.07. The summed E-state index contributed by atoms with van der Waals surface area (Å²) in [4.78, 5) is 8.65. The summed E-state index contributed by atoms with van der Waals surface area (Å²) in [6.07, 6.45) is 10.2. The van der Waals surface area contributed by atoms with Crippen LogP contribution in [0.15, 0.2) is 18.6 Å². The molecule has 2 heterocycles. The van der Waals surface area contributed by atoms with Gasteiger partial charge in [-0.2, -0.15) is 0 Å². The topological polar surface area (TPSA) is 30.7 Å². The molecule has 3 rings (SSSR count). The summed E-state index contributed by atoms with van der Waals surface area (Å²) in [6, 6.07) is 0. The Morgan fingerprint density at radius 1 is 1.36 bits per heavy atom. The second-order valence-corrected chi connectivity index (χ2v) is 3.66. The molecule has 0 unspecified atom stereocenters. The van der Waals surface area contributed by atoms with E-state index in [9.17, 15) is 0 Å². The van der Waals surface area contributed by atoms with E-state index in [0.717, 1.165) is 18.5 Å². The Balaban J connectivity index is 2.50. The zero-order valence-corrected chi connectivity index (χ0v) is 8.07. The second-order valence-electron chi connectivity index (χ2n) is 3.66. The quantitative estimate of drug-likeness (QED) is 0.627. The molecule has 3 heteroatoms. The number of aryl methyl sites for hydroxylation is 2. The Kier molecular flexibility index (Phi) is 1.48. The van der Waals surface area contributed by atoms with Gasteiger partial charge in [0, 0.05) is 24.2 Å². The standard InChI is InChI=1S/C11H11N3/c1-14-6-8-4-2-3-5-9-10(8)11(14)13-7-12-9/h2,4,6-7H,3,5H2,1H3. The van der Waals surface area contributed by atoms with Gasteiger partial charge < -0.3 is 4.57 Å². The molecule has 0 atom stereocenters. The van der Waals surface area contributed by atoms with E-state index in [-0.39, 0.29) is 0 Å². The van der Waals surface area contributed by atoms with E-state index in [1.165, 1.54) is 16.6 Å². The highest BCUT2D eigenvalue weighted by molar-refractivity contribution is 5.89. The fourth-order valence-corrected chi connectivity index (χ4v) is 2.06. The van der Waals surface area contributed by atoms with E-state index in [1.54, 1.807) is 6.33 Å². The average Bonchev–Trinajstić information content (AvgIpc) is 2.41. The Bertz CT molecular complexity index is 523. The first-order chi connectivity index (χ1) is 6.86. The van der Waals surface area contributed by atoms with Crippen molar-refractivity contribution in [1.82, 2.24) is 14.5 Å². The summed E-state index contributed by atoms with van der Waals surface area (Å²) in [5.41, 5.74) is 3.46. The van der Waals surface area contributed by atoms with Crippen LogP contribution < -0.4 is 0 Å². The van der Waals surface area contributed by atoms with E-state index >= 15 is 0 Å². The van der Waals surface area contributed by atoms with Gasteiger partial charge in [0.1, 0.15) is 12.0 Å². The van der Waals surface area contributed by atoms with Crippen molar-refractivity contribution in [2.24, 2.45) is 7.05 Å². The molecular formula is C11H11N3. The molecule has 3 nitrogen and oxygen atoms in total. The molecule has 2 aromatic heterocycles. The minimum Gasteiger partial charge on any atom is -0.335 e. The second kappa shape index (κ2) is 2.67. The van der Waals surface area contributed by atoms with Crippen LogP contribution >= 0.6 is 0 Å². The third kappa shape index (κ3) is 0.923. The van der Waals surface area contributed by atoms with Crippen molar-refractivity contribution >= 4 is 17.1 Å². The highest BCUT2D eigenvalue weighted by Gasteiger charge is 2.12. The monoisotopic (exact) mass is 185 g/mol. The van der Waals surface area contributed by atoms with Crippen LogP contribution in [0.5, 0.6) is 0 Å². The maximum absolute atomic E-state index is 4.35. The van der Waals surface area contributed by atoms with Crippen LogP contribution in [0.1, 0.15) is 17.7 Å². The van der Waals surface area contributed by atoms with Gasteiger partial charge in [0.2, 0.25) is 0 Å². The zero-order chi connectivity index (χ0) is 9.54. The molecule has 0 saturated heterocycles. The van der Waals surface area contributed by atoms with Crippen molar-refractivity contribution in [3.63, 3.8) is 0 Å². The van der Waals surface area contributed by atoms with E-state index in [2.05, 4.69) is 32.9 Å². The van der Waals surface area contributed by atoms with Crippen molar-refractivity contribution in [3.8, 4) is 0 Å². The molecule has 0 amide bonds. The fourth-order valence-electron chi connectivity index (χ4n) is 2.06. The van der Waals surface area contributed by atoms with Crippen LogP contribution in [-0.4, -0.2) is 14.5 Å². The first-order valence-electron chi connectivity index (χ1n) is 4.82. The number of rotatable bonds is 0. The molecule has 70 valence electrons. The minimum atomic E-state index is 1.02. The summed E-state index contributed by atoms with van der Waals surface area (Å²) < 4.78 is 2.06. The van der Waals surface area contributed by atoms with Crippen molar-refractivity contribution in [1.29, 1.82) is 0 Å². The van der Waals surface area contributed by atoms with Crippen LogP contribution in [0, 0.1) is 0 Å². The summed E-state index contributed by atoms with van der Waals surface area (Å²) >= 11 is 0. The highest BCUT2D eigenvalue weighted by atomic mass is 15.0. The average molecular weight is 185 g/mol. The molecule has 0 N–H and O–H groups in total. The Morgan fingerprint density at radius 3 is 3.21 bits per heavy atom. The maximum atomic E-state index is 4.35. The Morgan fingerprint density at radius 2 is 2.29 bits per heavy atom. The highest BCUT2D eigenvalue weighted by Crippen LogP contribution is 2.25. The van der Waals surface area contributed by atoms with Gasteiger partial charge in [-0.15, -0.1) is 0 Å². The van der Waals surface area contributed by atoms with Gasteiger partial charge in [-0.1, -0.05) is 12.2 Å². The maximum Gasteiger partial charge on any atom is 0.143 e. The Labute approximate surface area is 82.1 Å². The van der Waals surface area contributed by atoms with Crippen molar-refractivity contribution in [2.75, 3.05) is 0 Å². The van der Waals surface area contributed by atoms with Crippen LogP contribution in [0.25, 0.3) is 17.1 Å². The van der Waals surface area contributed by atoms with Crippen LogP contribution in [0.2, 0.25) is 0 Å². The molecule has 1 aliphatic rings. The lowest BCUT2D eigenvalue weighted by Crippen LogP contribution is -1.94. The van der Waals surface area contributed by atoms with Crippen LogP contribution in [-0.2, 0) is 13.5 Å². The first kappa shape index (κ1) is 7.74. The molecule has 0 bridgehead atoms. The largest absolute Gasteiger partial charge is 0.335 e. The predicted molar refractivity (Wildman–Crippen MR) is 55.9 cm³/mol. The number of aromatic nitrogens is 3. The molecule has 0 fully saturated rings. The smallest absolute Gasteiger partial charge is 0.143 e. The molecule has 0 aliphatic heterocycles. The number of allylic oxidation sites excluding steroid dienone is 1. The summed E-state index contributed by atoms with van der Waals surface area (Å²) in [6.45, 7) is 0. The van der Waals surface area contributed by atoms with E-state index in [0.29, 0.717) is 0 Å². The third-order valence-corrected chi connectivity index (χ3v) is 2.71. The van der Waals surface area contributed by atoms with Crippen molar-refractivity contribution in [3.05, 3.63) is 29.9 Å². The van der Waals surface area contributed by atoms with Crippen LogP contribution in [0.4, 0.5) is 0 Å². The van der Waals surface area contributed by atoms with Crippen molar-refractivity contribution in [2.45, 2.75) is 12.8 Å². The minimum absolute atomic E-state index is 1.02. The Hall–Kier alpha value is -1.64. The molecule has 0 spiro atoms. The van der Waals surface area contributed by atoms with Gasteiger partial charge in [-0.3, -0.25) is 0 Å². The lowest BCUT2D eigenvalue weighted by molar-refractivity contribution is 0.918. The van der Waals surface area contributed by atoms with Gasteiger partial charge in [0.25, 0.3) is 0 Å². The molecule has 0 radical (unpaired) electrons. The molecular weight excluding hydrogens is 174 g/mol. The molecule has 2 aromatic rings. The van der Waals surface area contributed by atoms with Gasteiger partial charge >= 0.3 is 0 Å². The third-order valence-electron chi connectivity index (χ3n) is 2.71. The summed E-state index contributed by atoms with van der Waals surface area (Å²) in [5, 5.41) is 1.23. The van der Waals surface area contributed by atoms with Crippen LogP contribution in [0.3, 0.4) is 0 Å². The van der Waals surface area contributed by atoms with Gasteiger partial charge in [0.05, 0.1) is 5.69 Å². The van der Waals surface area contributed by atoms with E-state index in [4.69, 9.17) is 0 Å². The number of hydrogen-bond donors (Lipinski definition) is 0. The molecule has 0 aromatic carbocycles. The van der Waals surface area contributed by atoms with Gasteiger partial charge in [-0.05, 0) is 12.8 Å². The summed E-state index contributed by atoms with van der Waals surface area (Å²) in [7, 11) is 2.03. The van der Waals surface area contributed by atoms with E-state index in [1.807, 2.05) is 7.05 Å². The number of nitrogens with zero attached hydrogens (tertiary/aromatic N) is 3. The van der Waals surface area contributed by atoms with Crippen molar-refractivity contribution < 1.29 is 0 Å². The molecule has 1 aliphatic carbocycles. The summed E-state index contributed by atoms with van der Waals surface area (Å²) in [5.74, 6) is 0. The van der Waals surface area contributed by atoms with Gasteiger partial charge in [-0.25, -0.2) is 9.97 Å². The molecule has 0 saturated carbocycles. The molecule has 14 heavy (non-hydrogen) atoms. The lowest BCUT2D eigenvalue weighted by atomic mass is 10.2. The SMILES string of the molecule is Cn1cc2c3c(ncnc31)CCC=C2.